The molecule has 8 heteroatoms. The number of benzene rings is 2. The molecular weight excluding hydrogens is 472 g/mol. The molecule has 0 radical (unpaired) electrons. The zero-order valence-corrected chi connectivity index (χ0v) is 21.2. The smallest absolute Gasteiger partial charge is 0.272 e. The molecule has 3 aromatic rings. The van der Waals surface area contributed by atoms with E-state index in [0.29, 0.717) is 0 Å². The van der Waals surface area contributed by atoms with Crippen LogP contribution >= 0.6 is 0 Å². The monoisotopic (exact) mass is 504 g/mol. The summed E-state index contributed by atoms with van der Waals surface area (Å²) in [6.45, 7) is 0. The average molecular weight is 505 g/mol. The molecule has 0 atom stereocenters. The Bertz CT molecular complexity index is 1310. The third kappa shape index (κ3) is 4.91. The van der Waals surface area contributed by atoms with E-state index in [0.717, 1.165) is 74.0 Å². The zero-order chi connectivity index (χ0) is 24.9. The summed E-state index contributed by atoms with van der Waals surface area (Å²) in [4.78, 5) is 41.8. The molecule has 0 spiro atoms. The predicted octanol–water partition coefficient (Wildman–Crippen LogP) is 6.97. The van der Waals surface area contributed by atoms with Crippen LogP contribution in [0.5, 0.6) is 0 Å². The lowest BCUT2D eigenvalue weighted by atomic mass is 9.94. The van der Waals surface area contributed by atoms with Crippen molar-refractivity contribution in [1.29, 1.82) is 0 Å². The number of nitroso groups, excluding NO2 is 1. The molecule has 188 valence electrons. The van der Waals surface area contributed by atoms with Gasteiger partial charge < -0.3 is 0 Å². The van der Waals surface area contributed by atoms with E-state index in [9.17, 15) is 14.5 Å². The number of rotatable bonds is 6. The average Bonchev–Trinajstić information content (AvgIpc) is 2.94. The van der Waals surface area contributed by atoms with Crippen LogP contribution < -0.4 is 11.2 Å². The van der Waals surface area contributed by atoms with Crippen molar-refractivity contribution >= 4 is 22.2 Å². The van der Waals surface area contributed by atoms with Crippen molar-refractivity contribution in [1.82, 2.24) is 9.13 Å². The van der Waals surface area contributed by atoms with E-state index >= 15 is 0 Å². The van der Waals surface area contributed by atoms with Crippen molar-refractivity contribution in [2.24, 2.45) is 9.54 Å². The maximum Gasteiger partial charge on any atom is 0.333 e. The topological polar surface area (TPSA) is 85.8 Å². The number of hydrogen-bond donors (Lipinski definition) is 0. The molecule has 0 unspecified atom stereocenters. The van der Waals surface area contributed by atoms with E-state index in [2.05, 4.69) is 5.18 Å². The molecule has 2 saturated carbocycles. The van der Waals surface area contributed by atoms with Crippen molar-refractivity contribution in [2.75, 3.05) is 0 Å². The second-order valence-electron chi connectivity index (χ2n) is 9.68. The fourth-order valence-electron chi connectivity index (χ4n) is 5.54. The first-order valence-corrected chi connectivity index (χ1v) is 14.2. The van der Waals surface area contributed by atoms with Crippen LogP contribution in [0.1, 0.15) is 76.3 Å². The van der Waals surface area contributed by atoms with E-state index in [1.165, 1.54) is 4.57 Å². The largest absolute Gasteiger partial charge is 0.333 e. The van der Waals surface area contributed by atoms with Crippen molar-refractivity contribution in [3.05, 3.63) is 86.4 Å². The molecule has 0 saturated heterocycles. The van der Waals surface area contributed by atoms with Gasteiger partial charge in [0.15, 0.2) is 5.82 Å². The molecule has 0 aliphatic heterocycles. The van der Waals surface area contributed by atoms with Crippen LogP contribution in [0.25, 0.3) is 0 Å². The molecule has 2 fully saturated rings. The Kier molecular flexibility index (Phi) is 7.70. The van der Waals surface area contributed by atoms with E-state index < -0.39 is 16.3 Å². The maximum absolute atomic E-state index is 14.1. The minimum Gasteiger partial charge on any atom is -0.272 e. The Morgan fingerprint density at radius 3 is 1.61 bits per heavy atom. The molecule has 2 aliphatic carbocycles. The van der Waals surface area contributed by atoms with Crippen LogP contribution in [-0.2, 0) is 10.7 Å². The predicted molar refractivity (Wildman–Crippen MR) is 144 cm³/mol. The molecule has 0 amide bonds. The van der Waals surface area contributed by atoms with Gasteiger partial charge in [-0.2, -0.15) is 4.36 Å². The molecule has 2 aromatic carbocycles. The summed E-state index contributed by atoms with van der Waals surface area (Å²) >= 11 is 0. The summed E-state index contributed by atoms with van der Waals surface area (Å²) in [5, 5.41) is 3.23. The second kappa shape index (κ2) is 11.3. The van der Waals surface area contributed by atoms with Crippen molar-refractivity contribution in [3.8, 4) is 0 Å². The van der Waals surface area contributed by atoms with Gasteiger partial charge in [-0.1, -0.05) is 74.9 Å². The van der Waals surface area contributed by atoms with Crippen LogP contribution in [0.2, 0.25) is 0 Å². The van der Waals surface area contributed by atoms with Crippen LogP contribution in [0.4, 0.5) is 11.5 Å². The number of hydrogen-bond acceptors (Lipinski definition) is 5. The maximum atomic E-state index is 14.1. The highest BCUT2D eigenvalue weighted by atomic mass is 32.2. The Morgan fingerprint density at radius 2 is 1.14 bits per heavy atom. The Hall–Kier alpha value is -3.13. The van der Waals surface area contributed by atoms with Gasteiger partial charge in [0.1, 0.15) is 0 Å². The molecule has 0 bridgehead atoms. The fraction of sp³-hybridized carbons (Fsp3) is 0.429. The van der Waals surface area contributed by atoms with Gasteiger partial charge in [0.05, 0.1) is 0 Å². The molecule has 7 nitrogen and oxygen atoms in total. The Balaban J connectivity index is 1.80. The van der Waals surface area contributed by atoms with Gasteiger partial charge >= 0.3 is 5.69 Å². The van der Waals surface area contributed by atoms with Gasteiger partial charge in [-0.05, 0) is 65.8 Å². The van der Waals surface area contributed by atoms with Gasteiger partial charge in [0.2, 0.25) is 5.69 Å². The lowest BCUT2D eigenvalue weighted by molar-refractivity contribution is 0.302. The summed E-state index contributed by atoms with van der Waals surface area (Å²) in [7, 11) is -0.838. The lowest BCUT2D eigenvalue weighted by Gasteiger charge is -2.29. The summed E-state index contributed by atoms with van der Waals surface area (Å²) in [6.07, 6.45) is 9.38. The van der Waals surface area contributed by atoms with Gasteiger partial charge in [-0.25, -0.2) is 4.79 Å². The standard InChI is InChI=1S/C28H32N4O3S/c33-27-25(29-35)26(30-36(23-17-9-3-10-18-23)24-19-11-4-12-20-24)31(21-13-5-1-6-14-21)28(34)32(27)22-15-7-2-8-16-22/h3-4,9-12,17-22H,1-2,5-8,13-16H2. The zero-order valence-electron chi connectivity index (χ0n) is 20.4. The van der Waals surface area contributed by atoms with Crippen molar-refractivity contribution in [3.63, 3.8) is 0 Å². The highest BCUT2D eigenvalue weighted by molar-refractivity contribution is 7.87. The van der Waals surface area contributed by atoms with Crippen LogP contribution in [0.15, 0.2) is 89.6 Å². The third-order valence-electron chi connectivity index (χ3n) is 7.36. The minimum atomic E-state index is -0.838. The fourth-order valence-corrected chi connectivity index (χ4v) is 7.20. The highest BCUT2D eigenvalue weighted by Crippen LogP contribution is 2.36. The van der Waals surface area contributed by atoms with Gasteiger partial charge in [0, 0.05) is 21.9 Å². The molecule has 0 N–H and O–H groups in total. The van der Waals surface area contributed by atoms with Gasteiger partial charge in [0.25, 0.3) is 5.56 Å². The molecule has 1 aromatic heterocycles. The molecule has 36 heavy (non-hydrogen) atoms. The Labute approximate surface area is 213 Å². The Morgan fingerprint density at radius 1 is 0.667 bits per heavy atom. The van der Waals surface area contributed by atoms with E-state index in [4.69, 9.17) is 4.36 Å². The SMILES string of the molecule is O=Nc1c(N=S(c2ccccc2)c2ccccc2)n(C2CCCCC2)c(=O)n(C2CCCCC2)c1=O. The first-order valence-electron chi connectivity index (χ1n) is 13.0. The summed E-state index contributed by atoms with van der Waals surface area (Å²) in [5.74, 6) is 0.134. The highest BCUT2D eigenvalue weighted by Gasteiger charge is 2.30. The third-order valence-corrected chi connectivity index (χ3v) is 9.15. The molecule has 2 aliphatic rings. The number of nitrogens with zero attached hydrogens (tertiary/aromatic N) is 4. The number of aromatic nitrogens is 2. The van der Waals surface area contributed by atoms with E-state index in [-0.39, 0.29) is 29.3 Å². The van der Waals surface area contributed by atoms with E-state index in [1.807, 2.05) is 60.7 Å². The minimum absolute atomic E-state index is 0.0991. The summed E-state index contributed by atoms with van der Waals surface area (Å²) in [5.41, 5.74) is -1.18. The summed E-state index contributed by atoms with van der Waals surface area (Å²) < 4.78 is 8.01. The normalized spacial score (nSPS) is 17.2. The first-order chi connectivity index (χ1) is 17.7. The van der Waals surface area contributed by atoms with E-state index in [1.54, 1.807) is 4.57 Å². The second-order valence-corrected chi connectivity index (χ2v) is 11.4. The van der Waals surface area contributed by atoms with Crippen LogP contribution in [-0.4, -0.2) is 9.13 Å². The molecule has 5 rings (SSSR count). The van der Waals surface area contributed by atoms with Crippen LogP contribution in [0, 0.1) is 4.91 Å². The van der Waals surface area contributed by atoms with Gasteiger partial charge in [-0.3, -0.25) is 13.9 Å². The molecular formula is C28H32N4O3S. The quantitative estimate of drug-likeness (QED) is 0.340. The lowest BCUT2D eigenvalue weighted by Crippen LogP contribution is -2.44. The van der Waals surface area contributed by atoms with Crippen LogP contribution in [0.3, 0.4) is 0 Å². The van der Waals surface area contributed by atoms with Gasteiger partial charge in [-0.15, -0.1) is 4.91 Å². The first kappa shape index (κ1) is 24.6. The summed E-state index contributed by atoms with van der Waals surface area (Å²) in [6, 6.07) is 19.3. The van der Waals surface area contributed by atoms with Crippen molar-refractivity contribution in [2.45, 2.75) is 86.1 Å². The molecule has 1 heterocycles. The van der Waals surface area contributed by atoms with Crippen molar-refractivity contribution < 1.29 is 0 Å².